The zero-order valence-corrected chi connectivity index (χ0v) is 21.1. The van der Waals surface area contributed by atoms with Gasteiger partial charge in [-0.2, -0.15) is 0 Å². The number of rotatable bonds is 7. The van der Waals surface area contributed by atoms with Gasteiger partial charge in [-0.05, 0) is 42.5 Å². The third-order valence-corrected chi connectivity index (χ3v) is 8.20. The standard InChI is InChI=1S/C27H34F3N3S/c1-26(2,3)25(32-15-18-14-31-16-22(18)30)24-23(12-17-8-6-5-7-9-17)34-27(4,33-24)20-13-19(28)10-11-21(20)29/h5-11,13,18,22-23,25,31-32H,12,14-16H2,1-4H3. The van der Waals surface area contributed by atoms with Crippen LogP contribution in [0.1, 0.15) is 38.8 Å². The predicted octanol–water partition coefficient (Wildman–Crippen LogP) is 5.50. The SMILES string of the molecule is CC1(c2cc(F)ccc2F)N=C(C(NCC2CNCC2F)C(C)(C)C)C(Cc2ccccc2)S1. The molecule has 184 valence electrons. The summed E-state index contributed by atoms with van der Waals surface area (Å²) in [6.45, 7) is 9.82. The fourth-order valence-electron chi connectivity index (χ4n) is 4.91. The van der Waals surface area contributed by atoms with Crippen molar-refractivity contribution in [2.24, 2.45) is 16.3 Å². The summed E-state index contributed by atoms with van der Waals surface area (Å²) < 4.78 is 43.3. The Morgan fingerprint density at radius 1 is 1.15 bits per heavy atom. The fourth-order valence-corrected chi connectivity index (χ4v) is 6.49. The summed E-state index contributed by atoms with van der Waals surface area (Å²) in [7, 11) is 0. The van der Waals surface area contributed by atoms with E-state index in [4.69, 9.17) is 4.99 Å². The molecule has 0 spiro atoms. The smallest absolute Gasteiger partial charge is 0.132 e. The van der Waals surface area contributed by atoms with Crippen molar-refractivity contribution in [3.8, 4) is 0 Å². The maximum atomic E-state index is 14.9. The molecule has 2 N–H and O–H groups in total. The second kappa shape index (κ2) is 10.0. The molecule has 0 aliphatic carbocycles. The van der Waals surface area contributed by atoms with E-state index in [9.17, 15) is 13.2 Å². The molecule has 4 rings (SSSR count). The van der Waals surface area contributed by atoms with Gasteiger partial charge in [0.25, 0.3) is 0 Å². The van der Waals surface area contributed by atoms with Gasteiger partial charge in [0.2, 0.25) is 0 Å². The number of hydrogen-bond donors (Lipinski definition) is 2. The minimum absolute atomic E-state index is 0.0327. The van der Waals surface area contributed by atoms with Gasteiger partial charge >= 0.3 is 0 Å². The molecule has 2 aromatic carbocycles. The molecule has 2 heterocycles. The van der Waals surface area contributed by atoms with Gasteiger partial charge in [-0.3, -0.25) is 4.99 Å². The number of alkyl halides is 1. The fraction of sp³-hybridized carbons (Fsp3) is 0.519. The van der Waals surface area contributed by atoms with Crippen LogP contribution in [0.2, 0.25) is 0 Å². The molecule has 2 aromatic rings. The van der Waals surface area contributed by atoms with E-state index in [-0.39, 0.29) is 28.2 Å². The Bertz CT molecular complexity index is 1020. The molecule has 0 amide bonds. The van der Waals surface area contributed by atoms with Crippen LogP contribution in [0.25, 0.3) is 0 Å². The highest BCUT2D eigenvalue weighted by Gasteiger charge is 2.46. The summed E-state index contributed by atoms with van der Waals surface area (Å²) in [5, 5.41) is 6.70. The third-order valence-electron chi connectivity index (χ3n) is 6.74. The van der Waals surface area contributed by atoms with Gasteiger partial charge in [0.1, 0.15) is 22.7 Å². The molecule has 1 fully saturated rings. The summed E-state index contributed by atoms with van der Waals surface area (Å²) in [6.07, 6.45) is -0.151. The van der Waals surface area contributed by atoms with Crippen LogP contribution in [-0.4, -0.2) is 42.8 Å². The van der Waals surface area contributed by atoms with E-state index in [1.807, 2.05) is 25.1 Å². The summed E-state index contributed by atoms with van der Waals surface area (Å²) in [5.41, 5.74) is 2.13. The van der Waals surface area contributed by atoms with Crippen molar-refractivity contribution in [1.82, 2.24) is 10.6 Å². The summed E-state index contributed by atoms with van der Waals surface area (Å²) in [6, 6.07) is 13.6. The summed E-state index contributed by atoms with van der Waals surface area (Å²) in [4.78, 5) is 4.15. The third kappa shape index (κ3) is 5.52. The van der Waals surface area contributed by atoms with Crippen LogP contribution in [0.4, 0.5) is 13.2 Å². The van der Waals surface area contributed by atoms with Crippen molar-refractivity contribution in [3.63, 3.8) is 0 Å². The highest BCUT2D eigenvalue weighted by molar-refractivity contribution is 8.01. The van der Waals surface area contributed by atoms with Crippen molar-refractivity contribution < 1.29 is 13.2 Å². The van der Waals surface area contributed by atoms with Gasteiger partial charge in [0.15, 0.2) is 0 Å². The Morgan fingerprint density at radius 2 is 1.88 bits per heavy atom. The average Bonchev–Trinajstić information content (AvgIpc) is 3.33. The van der Waals surface area contributed by atoms with E-state index in [1.54, 1.807) is 11.8 Å². The first kappa shape index (κ1) is 25.3. The van der Waals surface area contributed by atoms with E-state index < -0.39 is 22.7 Å². The molecule has 34 heavy (non-hydrogen) atoms. The highest BCUT2D eigenvalue weighted by Crippen LogP contribution is 2.49. The van der Waals surface area contributed by atoms with Crippen LogP contribution in [0.5, 0.6) is 0 Å². The molecule has 5 unspecified atom stereocenters. The van der Waals surface area contributed by atoms with Gasteiger partial charge in [-0.25, -0.2) is 13.2 Å². The van der Waals surface area contributed by atoms with Gasteiger partial charge in [-0.1, -0.05) is 51.1 Å². The lowest BCUT2D eigenvalue weighted by atomic mass is 9.81. The molecule has 0 radical (unpaired) electrons. The first-order valence-electron chi connectivity index (χ1n) is 11.9. The Labute approximate surface area is 205 Å². The Morgan fingerprint density at radius 3 is 2.53 bits per heavy atom. The lowest BCUT2D eigenvalue weighted by molar-refractivity contribution is 0.253. The first-order chi connectivity index (χ1) is 16.1. The summed E-state index contributed by atoms with van der Waals surface area (Å²) >= 11 is 1.56. The maximum absolute atomic E-state index is 14.9. The minimum atomic E-state index is -0.955. The van der Waals surface area contributed by atoms with Crippen molar-refractivity contribution in [1.29, 1.82) is 0 Å². The Hall–Kier alpha value is -1.83. The van der Waals surface area contributed by atoms with Crippen LogP contribution >= 0.6 is 11.8 Å². The highest BCUT2D eigenvalue weighted by atomic mass is 32.2. The van der Waals surface area contributed by atoms with Crippen molar-refractivity contribution in [2.75, 3.05) is 19.6 Å². The number of hydrogen-bond acceptors (Lipinski definition) is 4. The average molecular weight is 490 g/mol. The molecule has 0 bridgehead atoms. The Kier molecular flexibility index (Phi) is 7.46. The quantitative estimate of drug-likeness (QED) is 0.539. The zero-order chi connectivity index (χ0) is 24.5. The molecular weight excluding hydrogens is 455 g/mol. The largest absolute Gasteiger partial charge is 0.313 e. The second-order valence-corrected chi connectivity index (χ2v) is 12.2. The first-order valence-corrected chi connectivity index (χ1v) is 12.8. The number of thioether (sulfide) groups is 1. The zero-order valence-electron chi connectivity index (χ0n) is 20.2. The molecule has 2 aliphatic rings. The van der Waals surface area contributed by atoms with E-state index in [0.29, 0.717) is 19.6 Å². The lowest BCUT2D eigenvalue weighted by Crippen LogP contribution is -2.51. The molecule has 0 aromatic heterocycles. The Balaban J connectivity index is 1.70. The summed E-state index contributed by atoms with van der Waals surface area (Å²) in [5.74, 6) is -1.04. The number of aliphatic imine (C=N–C) groups is 1. The second-order valence-electron chi connectivity index (χ2n) is 10.6. The van der Waals surface area contributed by atoms with Gasteiger partial charge in [-0.15, -0.1) is 11.8 Å². The number of benzene rings is 2. The lowest BCUT2D eigenvalue weighted by Gasteiger charge is -2.35. The number of halogens is 3. The van der Waals surface area contributed by atoms with E-state index in [2.05, 4.69) is 43.5 Å². The maximum Gasteiger partial charge on any atom is 0.132 e. The molecular formula is C27H34F3N3S. The molecule has 7 heteroatoms. The molecule has 3 nitrogen and oxygen atoms in total. The molecule has 2 aliphatic heterocycles. The minimum Gasteiger partial charge on any atom is -0.313 e. The van der Waals surface area contributed by atoms with Crippen LogP contribution in [-0.2, 0) is 11.3 Å². The monoisotopic (exact) mass is 489 g/mol. The van der Waals surface area contributed by atoms with Gasteiger partial charge in [0, 0.05) is 36.8 Å². The number of nitrogens with one attached hydrogen (secondary N) is 2. The van der Waals surface area contributed by atoms with E-state index >= 15 is 0 Å². The number of nitrogens with zero attached hydrogens (tertiary/aromatic N) is 1. The van der Waals surface area contributed by atoms with Crippen LogP contribution in [0, 0.1) is 23.0 Å². The van der Waals surface area contributed by atoms with Crippen LogP contribution in [0.15, 0.2) is 53.5 Å². The van der Waals surface area contributed by atoms with E-state index in [0.717, 1.165) is 23.8 Å². The van der Waals surface area contributed by atoms with Crippen molar-refractivity contribution in [3.05, 3.63) is 71.3 Å². The molecule has 5 atom stereocenters. The molecule has 1 saturated heterocycles. The normalized spacial score (nSPS) is 28.2. The van der Waals surface area contributed by atoms with Crippen molar-refractivity contribution >= 4 is 17.5 Å². The topological polar surface area (TPSA) is 36.4 Å². The predicted molar refractivity (Wildman–Crippen MR) is 135 cm³/mol. The van der Waals surface area contributed by atoms with E-state index in [1.165, 1.54) is 12.1 Å². The van der Waals surface area contributed by atoms with Gasteiger partial charge < -0.3 is 10.6 Å². The van der Waals surface area contributed by atoms with Gasteiger partial charge in [0.05, 0.1) is 11.3 Å². The van der Waals surface area contributed by atoms with Crippen LogP contribution < -0.4 is 10.6 Å². The van der Waals surface area contributed by atoms with Crippen molar-refractivity contribution in [2.45, 2.75) is 56.5 Å². The molecule has 0 saturated carbocycles. The van der Waals surface area contributed by atoms with Crippen LogP contribution in [0.3, 0.4) is 0 Å².